The van der Waals surface area contributed by atoms with Gasteiger partial charge in [0.05, 0.1) is 0 Å². The molecular formula is C12H22IN3O2. The molecule has 0 saturated carbocycles. The van der Waals surface area contributed by atoms with E-state index in [2.05, 4.69) is 32.6 Å². The second-order valence-corrected chi connectivity index (χ2v) is 5.41. The fourth-order valence-electron chi connectivity index (χ4n) is 1.95. The second kappa shape index (κ2) is 10.8. The van der Waals surface area contributed by atoms with Crippen molar-refractivity contribution < 1.29 is 9.47 Å². The highest BCUT2D eigenvalue weighted by molar-refractivity contribution is 14.1. The zero-order valence-corrected chi connectivity index (χ0v) is 12.9. The molecule has 0 bridgehead atoms. The molecule has 18 heavy (non-hydrogen) atoms. The zero-order chi connectivity index (χ0) is 13.1. The minimum atomic E-state index is 0.0315. The van der Waals surface area contributed by atoms with E-state index in [0.717, 1.165) is 56.2 Å². The van der Waals surface area contributed by atoms with E-state index in [4.69, 9.17) is 15.0 Å². The van der Waals surface area contributed by atoms with Gasteiger partial charge in [-0.25, -0.2) is 0 Å². The lowest BCUT2D eigenvalue weighted by Crippen LogP contribution is -2.22. The summed E-state index contributed by atoms with van der Waals surface area (Å²) in [6.07, 6.45) is 7.71. The minimum Gasteiger partial charge on any atom is -0.353 e. The fraction of sp³-hybridized carbons (Fsp3) is 1.00. The SMILES string of the molecule is [N-]=[N+]=NC(CI)CCCCCOC1CCCCO1. The van der Waals surface area contributed by atoms with E-state index >= 15 is 0 Å². The van der Waals surface area contributed by atoms with Crippen molar-refractivity contribution in [3.63, 3.8) is 0 Å². The van der Waals surface area contributed by atoms with Gasteiger partial charge in [0.15, 0.2) is 6.29 Å². The molecule has 0 aromatic heterocycles. The van der Waals surface area contributed by atoms with Crippen molar-refractivity contribution in [1.29, 1.82) is 0 Å². The van der Waals surface area contributed by atoms with Gasteiger partial charge in [-0.2, -0.15) is 0 Å². The van der Waals surface area contributed by atoms with E-state index in [1.54, 1.807) is 0 Å². The number of azide groups is 1. The van der Waals surface area contributed by atoms with Crippen LogP contribution in [0.25, 0.3) is 10.4 Å². The first-order valence-electron chi connectivity index (χ1n) is 6.70. The number of hydrogen-bond acceptors (Lipinski definition) is 3. The van der Waals surface area contributed by atoms with Gasteiger partial charge in [-0.3, -0.25) is 0 Å². The van der Waals surface area contributed by atoms with Gasteiger partial charge in [-0.15, -0.1) is 0 Å². The van der Waals surface area contributed by atoms with E-state index in [1.165, 1.54) is 6.42 Å². The molecule has 104 valence electrons. The van der Waals surface area contributed by atoms with Crippen LogP contribution in [0.4, 0.5) is 0 Å². The lowest BCUT2D eigenvalue weighted by molar-refractivity contribution is -0.162. The lowest BCUT2D eigenvalue weighted by Gasteiger charge is -2.22. The average Bonchev–Trinajstić information content (AvgIpc) is 2.42. The summed E-state index contributed by atoms with van der Waals surface area (Å²) in [5.41, 5.74) is 8.37. The summed E-state index contributed by atoms with van der Waals surface area (Å²) in [7, 11) is 0. The van der Waals surface area contributed by atoms with Gasteiger partial charge in [0, 0.05) is 28.6 Å². The maximum absolute atomic E-state index is 8.37. The third kappa shape index (κ3) is 7.41. The highest BCUT2D eigenvalue weighted by Crippen LogP contribution is 2.15. The number of rotatable bonds is 9. The van der Waals surface area contributed by atoms with Crippen LogP contribution in [0.15, 0.2) is 5.11 Å². The topological polar surface area (TPSA) is 67.2 Å². The predicted octanol–water partition coefficient (Wildman–Crippen LogP) is 4.20. The van der Waals surface area contributed by atoms with Gasteiger partial charge in [-0.05, 0) is 37.6 Å². The smallest absolute Gasteiger partial charge is 0.157 e. The summed E-state index contributed by atoms with van der Waals surface area (Å²) in [6, 6.07) is 0.151. The summed E-state index contributed by atoms with van der Waals surface area (Å²) < 4.78 is 12.0. The van der Waals surface area contributed by atoms with E-state index in [1.807, 2.05) is 0 Å². The van der Waals surface area contributed by atoms with Crippen LogP contribution in [0, 0.1) is 0 Å². The molecule has 1 heterocycles. The number of alkyl halides is 1. The molecule has 2 atom stereocenters. The molecule has 5 nitrogen and oxygen atoms in total. The van der Waals surface area contributed by atoms with Crippen molar-refractivity contribution in [3.8, 4) is 0 Å². The van der Waals surface area contributed by atoms with Crippen molar-refractivity contribution >= 4 is 22.6 Å². The molecule has 0 N–H and O–H groups in total. The summed E-state index contributed by atoms with van der Waals surface area (Å²) in [6.45, 7) is 1.62. The number of hydrogen-bond donors (Lipinski definition) is 0. The molecule has 0 amide bonds. The Morgan fingerprint density at radius 3 is 2.94 bits per heavy atom. The van der Waals surface area contributed by atoms with Gasteiger partial charge >= 0.3 is 0 Å². The summed E-state index contributed by atoms with van der Waals surface area (Å²) in [5.74, 6) is 0. The first-order valence-corrected chi connectivity index (χ1v) is 8.22. The van der Waals surface area contributed by atoms with Gasteiger partial charge in [0.2, 0.25) is 0 Å². The van der Waals surface area contributed by atoms with Gasteiger partial charge < -0.3 is 9.47 Å². The van der Waals surface area contributed by atoms with Crippen LogP contribution in [0.5, 0.6) is 0 Å². The van der Waals surface area contributed by atoms with Crippen molar-refractivity contribution in [3.05, 3.63) is 10.4 Å². The van der Waals surface area contributed by atoms with Crippen LogP contribution in [0.2, 0.25) is 0 Å². The molecule has 1 rings (SSSR count). The molecular weight excluding hydrogens is 345 g/mol. The summed E-state index contributed by atoms with van der Waals surface area (Å²) in [4.78, 5) is 2.86. The van der Waals surface area contributed by atoms with Crippen LogP contribution in [-0.2, 0) is 9.47 Å². The molecule has 0 radical (unpaired) electrons. The van der Waals surface area contributed by atoms with Gasteiger partial charge in [0.25, 0.3) is 0 Å². The molecule has 6 heteroatoms. The Bertz CT molecular complexity index is 254. The first-order chi connectivity index (χ1) is 8.86. The third-order valence-electron chi connectivity index (χ3n) is 3.02. The van der Waals surface area contributed by atoms with E-state index < -0.39 is 0 Å². The van der Waals surface area contributed by atoms with E-state index in [0.29, 0.717) is 0 Å². The van der Waals surface area contributed by atoms with Gasteiger partial charge in [-0.1, -0.05) is 40.5 Å². The highest BCUT2D eigenvalue weighted by atomic mass is 127. The fourth-order valence-corrected chi connectivity index (χ4v) is 2.57. The lowest BCUT2D eigenvalue weighted by atomic mass is 10.1. The summed E-state index contributed by atoms with van der Waals surface area (Å²) in [5, 5.41) is 3.76. The van der Waals surface area contributed by atoms with Crippen molar-refractivity contribution in [2.75, 3.05) is 17.6 Å². The Morgan fingerprint density at radius 1 is 1.39 bits per heavy atom. The normalized spacial score (nSPS) is 21.3. The van der Waals surface area contributed by atoms with Crippen LogP contribution < -0.4 is 0 Å². The molecule has 1 fully saturated rings. The van der Waals surface area contributed by atoms with Crippen LogP contribution >= 0.6 is 22.6 Å². The number of unbranched alkanes of at least 4 members (excludes halogenated alkanes) is 2. The summed E-state index contributed by atoms with van der Waals surface area (Å²) >= 11 is 2.26. The Kier molecular flexibility index (Phi) is 9.65. The Balaban J connectivity index is 1.93. The largest absolute Gasteiger partial charge is 0.353 e. The first kappa shape index (κ1) is 16.0. The maximum atomic E-state index is 8.37. The molecule has 1 aliphatic rings. The minimum absolute atomic E-state index is 0.0315. The highest BCUT2D eigenvalue weighted by Gasteiger charge is 2.13. The Hall–Kier alpha value is -0.0400. The predicted molar refractivity (Wildman–Crippen MR) is 79.8 cm³/mol. The number of halogens is 1. The van der Waals surface area contributed by atoms with Crippen LogP contribution in [0.1, 0.15) is 44.9 Å². The molecule has 0 aromatic carbocycles. The molecule has 0 spiro atoms. The average molecular weight is 367 g/mol. The van der Waals surface area contributed by atoms with Crippen molar-refractivity contribution in [2.24, 2.45) is 5.11 Å². The standard InChI is InChI=1S/C12H22IN3O2/c13-10-11(15-16-14)6-2-1-4-8-17-12-7-3-5-9-18-12/h11-12H,1-10H2. The van der Waals surface area contributed by atoms with Gasteiger partial charge in [0.1, 0.15) is 0 Å². The van der Waals surface area contributed by atoms with Crippen molar-refractivity contribution in [1.82, 2.24) is 0 Å². The quantitative estimate of drug-likeness (QED) is 0.153. The monoisotopic (exact) mass is 367 g/mol. The van der Waals surface area contributed by atoms with E-state index in [9.17, 15) is 0 Å². The molecule has 0 aliphatic carbocycles. The molecule has 0 aromatic rings. The van der Waals surface area contributed by atoms with Crippen LogP contribution in [-0.4, -0.2) is 30.0 Å². The number of nitrogens with zero attached hydrogens (tertiary/aromatic N) is 3. The Morgan fingerprint density at radius 2 is 2.28 bits per heavy atom. The maximum Gasteiger partial charge on any atom is 0.157 e. The zero-order valence-electron chi connectivity index (χ0n) is 10.8. The second-order valence-electron chi connectivity index (χ2n) is 4.53. The number of ether oxygens (including phenoxy) is 2. The third-order valence-corrected chi connectivity index (χ3v) is 4.03. The Labute approximate surface area is 122 Å². The molecule has 2 unspecified atom stereocenters. The van der Waals surface area contributed by atoms with Crippen molar-refractivity contribution in [2.45, 2.75) is 57.3 Å². The van der Waals surface area contributed by atoms with Crippen LogP contribution in [0.3, 0.4) is 0 Å². The molecule has 1 aliphatic heterocycles. The van der Waals surface area contributed by atoms with E-state index in [-0.39, 0.29) is 12.3 Å². The molecule has 1 saturated heterocycles.